The summed E-state index contributed by atoms with van der Waals surface area (Å²) in [5, 5.41) is 69.3. The van der Waals surface area contributed by atoms with Crippen molar-refractivity contribution in [1.29, 1.82) is 0 Å². The summed E-state index contributed by atoms with van der Waals surface area (Å²) in [6, 6.07) is -4.48. The van der Waals surface area contributed by atoms with Crippen LogP contribution in [0, 0.1) is 5.92 Å². The molecular formula is C50H77N15O16. The lowest BCUT2D eigenvalue weighted by atomic mass is 10.0. The standard InChI is InChI=1S/C50H77N15O16/c1-24(2)39(49(80)81)64-42(73)31(8-6-18-57-50(55)56)58-47(78)36(23-66)63-44(75)32(19-26-9-13-28(68)14-10-26)60-45(76)34(21-37(53)70)61-43(74)33(20-27-11-15-29(69)16-12-27)62-48(79)40(25(3)67)65-46(77)35(22-38(54)71)59-41(72)30(52)7-4-5-17-51/h9-16,24-25,30-36,39-40,66-69H,4-8,17-23,51-52H2,1-3H3,(H2,53,70)(H2,54,71)(H,58,78)(H,59,72)(H,60,76)(H,61,74)(H,62,79)(H,63,75)(H,64,73)(H,65,77)(H,80,81)(H4,55,56,57)/t25-,30+,31+,32+,33+,34+,35+,36+,39+,40+/m1/s1. The highest BCUT2D eigenvalue weighted by Crippen LogP contribution is 2.15. The smallest absolute Gasteiger partial charge is 0.326 e. The second-order valence-electron chi connectivity index (χ2n) is 19.3. The van der Waals surface area contributed by atoms with Crippen molar-refractivity contribution in [1.82, 2.24) is 42.5 Å². The third kappa shape index (κ3) is 24.9. The summed E-state index contributed by atoms with van der Waals surface area (Å²) >= 11 is 0. The zero-order valence-corrected chi connectivity index (χ0v) is 45.1. The van der Waals surface area contributed by atoms with E-state index in [1.807, 2.05) is 0 Å². The SMILES string of the molecule is CC(C)[C@H](NC(=O)[C@H](CCCN=C(N)N)NC(=O)[C@H](CO)NC(=O)[C@H](Cc1ccc(O)cc1)NC(=O)[C@H](CC(N)=O)NC(=O)[C@H](Cc1ccc(O)cc1)NC(=O)[C@@H](NC(=O)[C@H](CC(N)=O)NC(=O)[C@@H](N)CCCCN)[C@@H](C)O)C(=O)O. The number of guanidine groups is 1. The third-order valence-electron chi connectivity index (χ3n) is 12.1. The summed E-state index contributed by atoms with van der Waals surface area (Å²) in [4.78, 5) is 151. The summed E-state index contributed by atoms with van der Waals surface area (Å²) < 4.78 is 0. The maximum atomic E-state index is 14.3. The minimum Gasteiger partial charge on any atom is -0.508 e. The summed E-state index contributed by atoms with van der Waals surface area (Å²) in [7, 11) is 0. The van der Waals surface area contributed by atoms with E-state index in [-0.39, 0.29) is 54.4 Å². The monoisotopic (exact) mass is 1140 g/mol. The molecule has 0 aliphatic carbocycles. The molecule has 0 bridgehead atoms. The van der Waals surface area contributed by atoms with Crippen LogP contribution in [0.3, 0.4) is 0 Å². The fourth-order valence-corrected chi connectivity index (χ4v) is 7.64. The van der Waals surface area contributed by atoms with Crippen molar-refractivity contribution in [2.24, 2.45) is 45.3 Å². The summed E-state index contributed by atoms with van der Waals surface area (Å²) in [6.07, 6.45) is -3.24. The highest BCUT2D eigenvalue weighted by atomic mass is 16.4. The van der Waals surface area contributed by atoms with E-state index < -0.39 is 164 Å². The number of carboxylic acids is 1. The van der Waals surface area contributed by atoms with Crippen molar-refractivity contribution in [3.63, 3.8) is 0 Å². The molecule has 0 saturated heterocycles. The number of unbranched alkanes of at least 4 members (excludes halogenated alkanes) is 1. The summed E-state index contributed by atoms with van der Waals surface area (Å²) in [6.45, 7) is 3.35. The van der Waals surface area contributed by atoms with Crippen LogP contribution in [0.15, 0.2) is 53.5 Å². The molecule has 448 valence electrons. The molecule has 10 atom stereocenters. The second kappa shape index (κ2) is 34.4. The number of aliphatic carboxylic acids is 1. The van der Waals surface area contributed by atoms with Crippen molar-refractivity contribution in [2.75, 3.05) is 19.7 Å². The number of carbonyl (C=O) groups excluding carboxylic acids is 10. The van der Waals surface area contributed by atoms with Crippen molar-refractivity contribution in [3.05, 3.63) is 59.7 Å². The first kappa shape index (κ1) is 68.4. The number of phenols is 2. The average molecular weight is 1140 g/mol. The molecule has 81 heavy (non-hydrogen) atoms. The van der Waals surface area contributed by atoms with E-state index in [0.29, 0.717) is 19.4 Å². The average Bonchev–Trinajstić information content (AvgIpc) is 3.38. The number of aromatic hydroxyl groups is 2. The molecule has 2 aromatic rings. The van der Waals surface area contributed by atoms with Crippen LogP contribution in [0.5, 0.6) is 11.5 Å². The molecule has 2 aromatic carbocycles. The Morgan fingerprint density at radius 1 is 0.506 bits per heavy atom. The van der Waals surface area contributed by atoms with E-state index in [1.54, 1.807) is 0 Å². The van der Waals surface area contributed by atoms with Gasteiger partial charge in [-0.3, -0.25) is 52.9 Å². The molecule has 0 saturated carbocycles. The lowest BCUT2D eigenvalue weighted by Gasteiger charge is -2.28. The van der Waals surface area contributed by atoms with Gasteiger partial charge in [-0.15, -0.1) is 0 Å². The number of phenolic OH excluding ortho intramolecular Hbond substituents is 2. The van der Waals surface area contributed by atoms with Gasteiger partial charge in [0.25, 0.3) is 0 Å². The number of nitrogens with two attached hydrogens (primary N) is 6. The fraction of sp³-hybridized carbons (Fsp3) is 0.520. The van der Waals surface area contributed by atoms with Crippen LogP contribution in [0.2, 0.25) is 0 Å². The van der Waals surface area contributed by atoms with E-state index >= 15 is 0 Å². The van der Waals surface area contributed by atoms with Gasteiger partial charge < -0.3 is 102 Å². The molecule has 0 fully saturated rings. The number of benzene rings is 2. The number of nitrogens with zero attached hydrogens (tertiary/aromatic N) is 1. The number of rotatable bonds is 36. The molecule has 0 unspecified atom stereocenters. The highest BCUT2D eigenvalue weighted by molar-refractivity contribution is 6.00. The lowest BCUT2D eigenvalue weighted by molar-refractivity contribution is -0.143. The van der Waals surface area contributed by atoms with Crippen LogP contribution in [0.4, 0.5) is 0 Å². The number of aliphatic imine (C=N–C) groups is 1. The number of nitrogens with one attached hydrogen (secondary N) is 8. The molecule has 0 aliphatic heterocycles. The largest absolute Gasteiger partial charge is 0.508 e. The van der Waals surface area contributed by atoms with E-state index in [0.717, 1.165) is 6.92 Å². The molecule has 31 heteroatoms. The number of hydrogen-bond acceptors (Lipinski definition) is 18. The second-order valence-corrected chi connectivity index (χ2v) is 19.3. The Kier molecular flexibility index (Phi) is 29.0. The van der Waals surface area contributed by atoms with Gasteiger partial charge in [-0.05, 0) is 80.5 Å². The summed E-state index contributed by atoms with van der Waals surface area (Å²) in [5.41, 5.74) is 33.7. The Hall–Kier alpha value is -8.68. The molecule has 0 spiro atoms. The predicted molar refractivity (Wildman–Crippen MR) is 289 cm³/mol. The van der Waals surface area contributed by atoms with E-state index in [1.165, 1.54) is 62.4 Å². The quantitative estimate of drug-likeness (QED) is 0.0171. The zero-order valence-electron chi connectivity index (χ0n) is 45.1. The molecule has 0 radical (unpaired) electrons. The lowest BCUT2D eigenvalue weighted by Crippen LogP contribution is -2.62. The zero-order chi connectivity index (χ0) is 61.1. The van der Waals surface area contributed by atoms with Crippen LogP contribution < -0.4 is 76.9 Å². The fourth-order valence-electron chi connectivity index (χ4n) is 7.64. The first-order valence-electron chi connectivity index (χ1n) is 25.6. The van der Waals surface area contributed by atoms with Gasteiger partial charge in [0.2, 0.25) is 59.1 Å². The topological polar surface area (TPSA) is 554 Å². The highest BCUT2D eigenvalue weighted by Gasteiger charge is 2.37. The number of primary amides is 2. The van der Waals surface area contributed by atoms with E-state index in [2.05, 4.69) is 47.5 Å². The van der Waals surface area contributed by atoms with Gasteiger partial charge in [0.1, 0.15) is 59.8 Å². The van der Waals surface area contributed by atoms with Gasteiger partial charge in [0.15, 0.2) is 5.96 Å². The van der Waals surface area contributed by atoms with Gasteiger partial charge in [0, 0.05) is 19.4 Å². The number of carboxylic acid groups (broad SMARTS) is 1. The summed E-state index contributed by atoms with van der Waals surface area (Å²) in [5.74, 6) is -13.8. The third-order valence-corrected chi connectivity index (χ3v) is 12.1. The van der Waals surface area contributed by atoms with Gasteiger partial charge in [0.05, 0.1) is 31.6 Å². The van der Waals surface area contributed by atoms with Gasteiger partial charge in [-0.25, -0.2) is 4.79 Å². The van der Waals surface area contributed by atoms with Crippen molar-refractivity contribution < 1.29 is 78.3 Å². The Morgan fingerprint density at radius 2 is 0.901 bits per heavy atom. The Balaban J connectivity index is 2.53. The molecule has 10 amide bonds. The predicted octanol–water partition coefficient (Wildman–Crippen LogP) is -6.86. The van der Waals surface area contributed by atoms with Gasteiger partial charge >= 0.3 is 5.97 Å². The minimum atomic E-state index is -1.95. The maximum absolute atomic E-state index is 14.3. The first-order valence-corrected chi connectivity index (χ1v) is 25.6. The first-order chi connectivity index (χ1) is 38.1. The molecule has 31 nitrogen and oxygen atoms in total. The van der Waals surface area contributed by atoms with Crippen LogP contribution in [0.1, 0.15) is 76.8 Å². The Morgan fingerprint density at radius 3 is 1.33 bits per heavy atom. The molecule has 0 heterocycles. The van der Waals surface area contributed by atoms with E-state index in [4.69, 9.17) is 34.4 Å². The molecular weight excluding hydrogens is 1070 g/mol. The Bertz CT molecular complexity index is 2510. The minimum absolute atomic E-state index is 0.0147. The van der Waals surface area contributed by atoms with Crippen molar-refractivity contribution in [3.8, 4) is 11.5 Å². The number of hydrogen-bond donors (Lipinski definition) is 19. The number of amides is 10. The van der Waals surface area contributed by atoms with Crippen molar-refractivity contribution >= 4 is 71.0 Å². The van der Waals surface area contributed by atoms with Crippen LogP contribution in [-0.4, -0.2) is 177 Å². The molecule has 2 rings (SSSR count). The number of aliphatic hydroxyl groups is 2. The molecule has 25 N–H and O–H groups in total. The van der Waals surface area contributed by atoms with E-state index in [9.17, 15) is 78.3 Å². The van der Waals surface area contributed by atoms with Crippen LogP contribution >= 0.6 is 0 Å². The number of aliphatic hydroxyl groups excluding tert-OH is 2. The number of carbonyl (C=O) groups is 11. The van der Waals surface area contributed by atoms with Crippen molar-refractivity contribution in [2.45, 2.75) is 139 Å². The van der Waals surface area contributed by atoms with Crippen LogP contribution in [-0.2, 0) is 65.6 Å². The molecule has 0 aromatic heterocycles. The normalized spacial score (nSPS) is 14.7. The Labute approximate surface area is 465 Å². The van der Waals surface area contributed by atoms with Gasteiger partial charge in [-0.1, -0.05) is 44.5 Å². The maximum Gasteiger partial charge on any atom is 0.326 e. The van der Waals surface area contributed by atoms with Crippen LogP contribution in [0.25, 0.3) is 0 Å². The molecule has 0 aliphatic rings. The van der Waals surface area contributed by atoms with Gasteiger partial charge in [-0.2, -0.15) is 0 Å².